The summed E-state index contributed by atoms with van der Waals surface area (Å²) in [4.78, 5) is 26.2. The third-order valence-corrected chi connectivity index (χ3v) is 6.49. The van der Waals surface area contributed by atoms with Crippen molar-refractivity contribution >= 4 is 5.91 Å². The van der Waals surface area contributed by atoms with E-state index in [1.807, 2.05) is 6.07 Å². The van der Waals surface area contributed by atoms with Gasteiger partial charge in [0.25, 0.3) is 0 Å². The fourth-order valence-corrected chi connectivity index (χ4v) is 4.85. The van der Waals surface area contributed by atoms with Gasteiger partial charge in [0.1, 0.15) is 6.04 Å². The average molecular weight is 387 g/mol. The SMILES string of the molecule is O=C(NC1CCN(Cc2ccccc2)CC1)C1NNC2CCC([N+](=O)[O-])CC21. The van der Waals surface area contributed by atoms with Gasteiger partial charge in [-0.25, -0.2) is 5.43 Å². The number of hydrazine groups is 1. The first kappa shape index (κ1) is 19.3. The minimum atomic E-state index is -0.528. The first-order valence-corrected chi connectivity index (χ1v) is 10.3. The lowest BCUT2D eigenvalue weighted by Crippen LogP contribution is -2.52. The molecule has 4 atom stereocenters. The molecular formula is C20H29N5O3. The van der Waals surface area contributed by atoms with Crippen LogP contribution < -0.4 is 16.2 Å². The molecule has 8 heteroatoms. The predicted octanol–water partition coefficient (Wildman–Crippen LogP) is 1.06. The van der Waals surface area contributed by atoms with Crippen LogP contribution in [0, 0.1) is 16.0 Å². The molecule has 8 nitrogen and oxygen atoms in total. The molecule has 28 heavy (non-hydrogen) atoms. The molecule has 3 N–H and O–H groups in total. The Balaban J connectivity index is 1.26. The van der Waals surface area contributed by atoms with Crippen molar-refractivity contribution in [2.24, 2.45) is 5.92 Å². The molecule has 2 heterocycles. The van der Waals surface area contributed by atoms with Crippen molar-refractivity contribution in [1.29, 1.82) is 0 Å². The Kier molecular flexibility index (Phi) is 5.89. The molecule has 0 spiro atoms. The number of rotatable bonds is 5. The lowest BCUT2D eigenvalue weighted by atomic mass is 9.79. The van der Waals surface area contributed by atoms with Crippen molar-refractivity contribution in [2.75, 3.05) is 13.1 Å². The van der Waals surface area contributed by atoms with Crippen LogP contribution in [0.2, 0.25) is 0 Å². The van der Waals surface area contributed by atoms with Gasteiger partial charge in [0, 0.05) is 55.4 Å². The number of hydrogen-bond acceptors (Lipinski definition) is 6. The van der Waals surface area contributed by atoms with E-state index in [1.165, 1.54) is 5.56 Å². The van der Waals surface area contributed by atoms with Gasteiger partial charge in [-0.2, -0.15) is 0 Å². The summed E-state index contributed by atoms with van der Waals surface area (Å²) in [6.45, 7) is 2.87. The van der Waals surface area contributed by atoms with Crippen molar-refractivity contribution in [3.63, 3.8) is 0 Å². The molecule has 3 aliphatic rings. The molecule has 4 unspecified atom stereocenters. The molecule has 2 aliphatic heterocycles. The summed E-state index contributed by atoms with van der Waals surface area (Å²) >= 11 is 0. The zero-order chi connectivity index (χ0) is 19.5. The summed E-state index contributed by atoms with van der Waals surface area (Å²) in [5.41, 5.74) is 7.59. The second-order valence-corrected chi connectivity index (χ2v) is 8.33. The maximum atomic E-state index is 12.8. The molecule has 3 fully saturated rings. The number of likely N-dealkylation sites (tertiary alicyclic amines) is 1. The zero-order valence-corrected chi connectivity index (χ0v) is 16.0. The monoisotopic (exact) mass is 387 g/mol. The summed E-state index contributed by atoms with van der Waals surface area (Å²) < 4.78 is 0. The number of nitro groups is 1. The van der Waals surface area contributed by atoms with Crippen LogP contribution in [0.4, 0.5) is 0 Å². The highest BCUT2D eigenvalue weighted by Crippen LogP contribution is 2.32. The van der Waals surface area contributed by atoms with E-state index in [4.69, 9.17) is 0 Å². The fraction of sp³-hybridized carbons (Fsp3) is 0.650. The van der Waals surface area contributed by atoms with E-state index in [9.17, 15) is 14.9 Å². The first-order chi connectivity index (χ1) is 13.6. The number of carbonyl (C=O) groups is 1. The predicted molar refractivity (Wildman–Crippen MR) is 105 cm³/mol. The van der Waals surface area contributed by atoms with Crippen molar-refractivity contribution < 1.29 is 9.72 Å². The molecule has 1 aliphatic carbocycles. The van der Waals surface area contributed by atoms with Gasteiger partial charge in [0.2, 0.25) is 11.9 Å². The standard InChI is InChI=1S/C20H29N5O3/c26-20(19-17-12-16(25(27)28)6-7-18(17)22-23-19)21-15-8-10-24(11-9-15)13-14-4-2-1-3-5-14/h1-5,15-19,22-23H,6-13H2,(H,21,26). The van der Waals surface area contributed by atoms with Crippen LogP contribution in [0.3, 0.4) is 0 Å². The van der Waals surface area contributed by atoms with Gasteiger partial charge >= 0.3 is 0 Å². The van der Waals surface area contributed by atoms with E-state index in [0.29, 0.717) is 12.8 Å². The first-order valence-electron chi connectivity index (χ1n) is 10.3. The highest BCUT2D eigenvalue weighted by atomic mass is 16.6. The van der Waals surface area contributed by atoms with Gasteiger partial charge in [0.05, 0.1) is 0 Å². The quantitative estimate of drug-likeness (QED) is 0.516. The van der Waals surface area contributed by atoms with E-state index in [0.717, 1.165) is 38.9 Å². The normalized spacial score (nSPS) is 31.3. The molecule has 4 rings (SSSR count). The summed E-state index contributed by atoms with van der Waals surface area (Å²) in [5.74, 6) is -0.0344. The molecule has 2 saturated heterocycles. The van der Waals surface area contributed by atoms with Crippen molar-refractivity contribution in [1.82, 2.24) is 21.1 Å². The van der Waals surface area contributed by atoms with Gasteiger partial charge in [-0.05, 0) is 24.8 Å². The van der Waals surface area contributed by atoms with Crippen LogP contribution in [0.25, 0.3) is 0 Å². The van der Waals surface area contributed by atoms with E-state index in [-0.39, 0.29) is 34.9 Å². The Morgan fingerprint density at radius 2 is 1.89 bits per heavy atom. The Labute approximate surface area is 165 Å². The number of piperidine rings is 1. The molecule has 1 aromatic rings. The van der Waals surface area contributed by atoms with Gasteiger partial charge < -0.3 is 5.32 Å². The Bertz CT molecular complexity index is 692. The Morgan fingerprint density at radius 1 is 1.14 bits per heavy atom. The van der Waals surface area contributed by atoms with E-state index >= 15 is 0 Å². The second-order valence-electron chi connectivity index (χ2n) is 8.33. The maximum Gasteiger partial charge on any atom is 0.239 e. The van der Waals surface area contributed by atoms with Crippen LogP contribution in [0.15, 0.2) is 30.3 Å². The molecular weight excluding hydrogens is 358 g/mol. The number of carbonyl (C=O) groups excluding carboxylic acids is 1. The molecule has 1 saturated carbocycles. The summed E-state index contributed by atoms with van der Waals surface area (Å²) in [7, 11) is 0. The van der Waals surface area contributed by atoms with Crippen molar-refractivity contribution in [2.45, 2.75) is 62.8 Å². The van der Waals surface area contributed by atoms with E-state index < -0.39 is 6.04 Å². The van der Waals surface area contributed by atoms with Crippen LogP contribution in [0.5, 0.6) is 0 Å². The second kappa shape index (κ2) is 8.55. The fourth-order valence-electron chi connectivity index (χ4n) is 4.85. The van der Waals surface area contributed by atoms with Gasteiger partial charge in [0.15, 0.2) is 0 Å². The lowest BCUT2D eigenvalue weighted by molar-refractivity contribution is -0.528. The highest BCUT2D eigenvalue weighted by molar-refractivity contribution is 5.82. The Hall–Kier alpha value is -2.03. The molecule has 1 aromatic carbocycles. The van der Waals surface area contributed by atoms with Gasteiger partial charge in [-0.1, -0.05) is 30.3 Å². The summed E-state index contributed by atoms with van der Waals surface area (Å²) in [5, 5.41) is 14.3. The number of hydrogen-bond donors (Lipinski definition) is 3. The molecule has 152 valence electrons. The zero-order valence-electron chi connectivity index (χ0n) is 16.0. The number of benzene rings is 1. The highest BCUT2D eigenvalue weighted by Gasteiger charge is 2.46. The molecule has 0 bridgehead atoms. The average Bonchev–Trinajstić information content (AvgIpc) is 3.13. The van der Waals surface area contributed by atoms with Crippen molar-refractivity contribution in [3.05, 3.63) is 46.0 Å². The largest absolute Gasteiger partial charge is 0.352 e. The number of amides is 1. The van der Waals surface area contributed by atoms with E-state index in [1.54, 1.807) is 0 Å². The van der Waals surface area contributed by atoms with Crippen LogP contribution in [-0.4, -0.2) is 53.0 Å². The third kappa shape index (κ3) is 4.34. The van der Waals surface area contributed by atoms with Gasteiger partial charge in [-0.3, -0.25) is 25.2 Å². The minimum Gasteiger partial charge on any atom is -0.352 e. The number of fused-ring (bicyclic) bond motifs is 1. The summed E-state index contributed by atoms with van der Waals surface area (Å²) in [6.07, 6.45) is 3.65. The lowest BCUT2D eigenvalue weighted by Gasteiger charge is -2.33. The van der Waals surface area contributed by atoms with Crippen molar-refractivity contribution in [3.8, 4) is 0 Å². The topological polar surface area (TPSA) is 99.5 Å². The summed E-state index contributed by atoms with van der Waals surface area (Å²) in [6, 6.07) is 9.86. The number of nitrogens with one attached hydrogen (secondary N) is 3. The third-order valence-electron chi connectivity index (χ3n) is 6.49. The maximum absolute atomic E-state index is 12.8. The van der Waals surface area contributed by atoms with Crippen LogP contribution >= 0.6 is 0 Å². The van der Waals surface area contributed by atoms with Crippen LogP contribution in [-0.2, 0) is 11.3 Å². The molecule has 0 radical (unpaired) electrons. The molecule has 1 amide bonds. The van der Waals surface area contributed by atoms with Crippen LogP contribution in [0.1, 0.15) is 37.7 Å². The smallest absolute Gasteiger partial charge is 0.239 e. The van der Waals surface area contributed by atoms with E-state index in [2.05, 4.69) is 45.3 Å². The Morgan fingerprint density at radius 3 is 2.61 bits per heavy atom. The molecule has 0 aromatic heterocycles. The number of nitrogens with zero attached hydrogens (tertiary/aromatic N) is 2. The minimum absolute atomic E-state index is 0.0117. The van der Waals surface area contributed by atoms with Gasteiger partial charge in [-0.15, -0.1) is 0 Å².